The lowest BCUT2D eigenvalue weighted by atomic mass is 9.98. The second kappa shape index (κ2) is 9.59. The summed E-state index contributed by atoms with van der Waals surface area (Å²) in [5, 5.41) is 0.524. The van der Waals surface area contributed by atoms with Gasteiger partial charge in [0.15, 0.2) is 0 Å². The van der Waals surface area contributed by atoms with Gasteiger partial charge in [0.05, 0.1) is 23.5 Å². The summed E-state index contributed by atoms with van der Waals surface area (Å²) in [4.78, 5) is 24.2. The molecule has 9 heteroatoms. The summed E-state index contributed by atoms with van der Waals surface area (Å²) in [6.45, 7) is 0.386. The molecule has 0 unspecified atom stereocenters. The van der Waals surface area contributed by atoms with E-state index in [-0.39, 0.29) is 36.1 Å². The van der Waals surface area contributed by atoms with Gasteiger partial charge in [0.25, 0.3) is 0 Å². The van der Waals surface area contributed by atoms with Gasteiger partial charge in [-0.25, -0.2) is 13.2 Å². The number of hydrogen-bond acceptors (Lipinski definition) is 6. The zero-order chi connectivity index (χ0) is 21.7. The third kappa shape index (κ3) is 4.83. The summed E-state index contributed by atoms with van der Waals surface area (Å²) < 4.78 is 37.4. The van der Waals surface area contributed by atoms with Crippen molar-refractivity contribution in [3.63, 3.8) is 0 Å². The molecular weight excluding hydrogens is 430 g/mol. The van der Waals surface area contributed by atoms with Crippen molar-refractivity contribution in [1.29, 1.82) is 0 Å². The number of methoxy groups -OCH3 is 1. The minimum atomic E-state index is -3.89. The molecule has 0 spiro atoms. The summed E-state index contributed by atoms with van der Waals surface area (Å²) >= 11 is 6.07. The van der Waals surface area contributed by atoms with Gasteiger partial charge in [0.1, 0.15) is 6.61 Å². The molecule has 0 aliphatic carbocycles. The molecule has 0 aromatic heterocycles. The number of carbonyl (C=O) groups is 2. The number of carbonyl (C=O) groups excluding carboxylic acids is 2. The smallest absolute Gasteiger partial charge is 0.339 e. The first-order valence-electron chi connectivity index (χ1n) is 9.42. The number of nitrogens with zero attached hydrogens (tertiary/aromatic N) is 1. The summed E-state index contributed by atoms with van der Waals surface area (Å²) in [6.07, 6.45) is 0.669. The third-order valence-corrected chi connectivity index (χ3v) is 7.35. The highest BCUT2D eigenvalue weighted by molar-refractivity contribution is 7.89. The van der Waals surface area contributed by atoms with E-state index in [4.69, 9.17) is 16.3 Å². The van der Waals surface area contributed by atoms with Crippen LogP contribution in [0.3, 0.4) is 0 Å². The van der Waals surface area contributed by atoms with E-state index in [2.05, 4.69) is 4.74 Å². The molecule has 0 bridgehead atoms. The molecule has 160 valence electrons. The highest BCUT2D eigenvalue weighted by atomic mass is 35.5. The van der Waals surface area contributed by atoms with E-state index >= 15 is 0 Å². The minimum absolute atomic E-state index is 0.0127. The van der Waals surface area contributed by atoms with Crippen LogP contribution in [0, 0.1) is 5.92 Å². The fourth-order valence-electron chi connectivity index (χ4n) is 3.32. The van der Waals surface area contributed by atoms with Gasteiger partial charge in [0.2, 0.25) is 10.0 Å². The Morgan fingerprint density at radius 2 is 1.70 bits per heavy atom. The molecule has 30 heavy (non-hydrogen) atoms. The Labute approximate surface area is 180 Å². The monoisotopic (exact) mass is 451 g/mol. The number of hydrogen-bond donors (Lipinski definition) is 0. The number of esters is 2. The molecule has 0 amide bonds. The van der Waals surface area contributed by atoms with Crippen LogP contribution < -0.4 is 0 Å². The molecule has 1 saturated heterocycles. The standard InChI is InChI=1S/C21H22ClNO6S/c1-28-21(25)17-7-3-5-9-19(17)30(26,27)23-12-10-15(11-13-23)20(24)29-14-16-6-2-4-8-18(16)22/h2-9,15H,10-14H2,1H3. The van der Waals surface area contributed by atoms with Gasteiger partial charge in [-0.2, -0.15) is 4.31 Å². The number of piperidine rings is 1. The van der Waals surface area contributed by atoms with Crippen LogP contribution in [0.5, 0.6) is 0 Å². The van der Waals surface area contributed by atoms with Crippen molar-refractivity contribution in [2.24, 2.45) is 5.92 Å². The maximum Gasteiger partial charge on any atom is 0.339 e. The highest BCUT2D eigenvalue weighted by Gasteiger charge is 2.34. The number of sulfonamides is 1. The predicted octanol–water partition coefficient (Wildman–Crippen LogP) is 3.27. The SMILES string of the molecule is COC(=O)c1ccccc1S(=O)(=O)N1CCC(C(=O)OCc2ccccc2Cl)CC1. The first-order valence-corrected chi connectivity index (χ1v) is 11.2. The van der Waals surface area contributed by atoms with Crippen LogP contribution in [0.1, 0.15) is 28.8 Å². The fourth-order valence-corrected chi connectivity index (χ4v) is 5.16. The lowest BCUT2D eigenvalue weighted by Crippen LogP contribution is -2.41. The normalized spacial score (nSPS) is 15.5. The van der Waals surface area contributed by atoms with E-state index in [0.717, 1.165) is 0 Å². The molecule has 2 aromatic carbocycles. The van der Waals surface area contributed by atoms with Crippen LogP contribution in [0.15, 0.2) is 53.4 Å². The van der Waals surface area contributed by atoms with Crippen LogP contribution in [-0.4, -0.2) is 44.9 Å². The van der Waals surface area contributed by atoms with Gasteiger partial charge in [-0.3, -0.25) is 4.79 Å². The Balaban J connectivity index is 1.63. The van der Waals surface area contributed by atoms with E-state index in [1.54, 1.807) is 30.3 Å². The van der Waals surface area contributed by atoms with Gasteiger partial charge in [-0.05, 0) is 31.0 Å². The molecule has 0 N–H and O–H groups in total. The molecule has 3 rings (SSSR count). The zero-order valence-corrected chi connectivity index (χ0v) is 18.0. The van der Waals surface area contributed by atoms with Crippen LogP contribution in [0.25, 0.3) is 0 Å². The first kappa shape index (κ1) is 22.3. The number of halogens is 1. The van der Waals surface area contributed by atoms with Crippen molar-refractivity contribution in [1.82, 2.24) is 4.31 Å². The summed E-state index contributed by atoms with van der Waals surface area (Å²) in [6, 6.07) is 13.0. The summed E-state index contributed by atoms with van der Waals surface area (Å²) in [5.41, 5.74) is 0.702. The molecular formula is C21H22ClNO6S. The zero-order valence-electron chi connectivity index (χ0n) is 16.4. The second-order valence-electron chi connectivity index (χ2n) is 6.87. The van der Waals surface area contributed by atoms with Crippen molar-refractivity contribution >= 4 is 33.6 Å². The summed E-state index contributed by atoms with van der Waals surface area (Å²) in [7, 11) is -2.70. The predicted molar refractivity (Wildman–Crippen MR) is 111 cm³/mol. The highest BCUT2D eigenvalue weighted by Crippen LogP contribution is 2.27. The minimum Gasteiger partial charge on any atom is -0.465 e. The van der Waals surface area contributed by atoms with Crippen LogP contribution in [-0.2, 0) is 30.9 Å². The average molecular weight is 452 g/mol. The number of benzene rings is 2. The van der Waals surface area contributed by atoms with Crippen molar-refractivity contribution in [2.45, 2.75) is 24.3 Å². The van der Waals surface area contributed by atoms with E-state index in [0.29, 0.717) is 23.4 Å². The van der Waals surface area contributed by atoms with Gasteiger partial charge < -0.3 is 9.47 Å². The molecule has 1 fully saturated rings. The van der Waals surface area contributed by atoms with E-state index < -0.39 is 21.9 Å². The molecule has 0 radical (unpaired) electrons. The second-order valence-corrected chi connectivity index (χ2v) is 9.18. The third-order valence-electron chi connectivity index (χ3n) is 5.03. The Morgan fingerprint density at radius 1 is 1.07 bits per heavy atom. The van der Waals surface area contributed by atoms with Crippen molar-refractivity contribution in [3.05, 3.63) is 64.7 Å². The Kier molecular flexibility index (Phi) is 7.12. The number of ether oxygens (including phenoxy) is 2. The molecule has 1 aliphatic rings. The van der Waals surface area contributed by atoms with E-state index in [9.17, 15) is 18.0 Å². The van der Waals surface area contributed by atoms with Crippen molar-refractivity contribution in [2.75, 3.05) is 20.2 Å². The Hall–Kier alpha value is -2.42. The van der Waals surface area contributed by atoms with Gasteiger partial charge >= 0.3 is 11.9 Å². The molecule has 1 aliphatic heterocycles. The quantitative estimate of drug-likeness (QED) is 0.626. The Bertz CT molecular complexity index is 1030. The Morgan fingerprint density at radius 3 is 2.37 bits per heavy atom. The van der Waals surface area contributed by atoms with Crippen molar-refractivity contribution < 1.29 is 27.5 Å². The largest absolute Gasteiger partial charge is 0.465 e. The maximum absolute atomic E-state index is 13.0. The maximum atomic E-state index is 13.0. The van der Waals surface area contributed by atoms with Crippen LogP contribution in [0.4, 0.5) is 0 Å². The van der Waals surface area contributed by atoms with Gasteiger partial charge in [0, 0.05) is 23.7 Å². The van der Waals surface area contributed by atoms with Crippen molar-refractivity contribution in [3.8, 4) is 0 Å². The first-order chi connectivity index (χ1) is 14.3. The molecule has 1 heterocycles. The van der Waals surface area contributed by atoms with Crippen LogP contribution in [0.2, 0.25) is 5.02 Å². The lowest BCUT2D eigenvalue weighted by molar-refractivity contribution is -0.151. The van der Waals surface area contributed by atoms with E-state index in [1.165, 1.54) is 23.5 Å². The fraction of sp³-hybridized carbons (Fsp3) is 0.333. The molecule has 7 nitrogen and oxygen atoms in total. The topological polar surface area (TPSA) is 90.0 Å². The lowest BCUT2D eigenvalue weighted by Gasteiger charge is -2.30. The molecule has 0 saturated carbocycles. The molecule has 0 atom stereocenters. The molecule has 2 aromatic rings. The van der Waals surface area contributed by atoms with E-state index in [1.807, 2.05) is 6.07 Å². The average Bonchev–Trinajstić information content (AvgIpc) is 2.78. The van der Waals surface area contributed by atoms with Gasteiger partial charge in [-0.15, -0.1) is 0 Å². The van der Waals surface area contributed by atoms with Crippen LogP contribution >= 0.6 is 11.6 Å². The summed E-state index contributed by atoms with van der Waals surface area (Å²) in [5.74, 6) is -1.48. The number of rotatable bonds is 6. The van der Waals surface area contributed by atoms with Gasteiger partial charge in [-0.1, -0.05) is 41.9 Å².